The van der Waals surface area contributed by atoms with Crippen molar-refractivity contribution in [3.8, 4) is 5.75 Å². The topological polar surface area (TPSA) is 38.8 Å². The maximum Gasteiger partial charge on any atom is 0.257 e. The summed E-state index contributed by atoms with van der Waals surface area (Å²) >= 11 is 3.48. The van der Waals surface area contributed by atoms with Gasteiger partial charge in [-0.1, -0.05) is 28.1 Å². The minimum Gasteiger partial charge on any atom is -0.493 e. The highest BCUT2D eigenvalue weighted by atomic mass is 79.9. The van der Waals surface area contributed by atoms with Crippen molar-refractivity contribution in [1.82, 2.24) is 4.90 Å². The van der Waals surface area contributed by atoms with Gasteiger partial charge in [-0.3, -0.25) is 4.79 Å². The Morgan fingerprint density at radius 3 is 2.74 bits per heavy atom. The molecular weight excluding hydrogens is 310 g/mol. The Morgan fingerprint density at radius 1 is 1.42 bits per heavy atom. The molecule has 0 heterocycles. The smallest absolute Gasteiger partial charge is 0.257 e. The van der Waals surface area contributed by atoms with Gasteiger partial charge in [0, 0.05) is 20.7 Å². The molecule has 1 rings (SSSR count). The fourth-order valence-corrected chi connectivity index (χ4v) is 2.44. The number of halogens is 1. The van der Waals surface area contributed by atoms with E-state index in [0.29, 0.717) is 31.1 Å². The maximum atomic E-state index is 12.4. The third-order valence-corrected chi connectivity index (χ3v) is 3.14. The summed E-state index contributed by atoms with van der Waals surface area (Å²) in [6.45, 7) is 3.58. The van der Waals surface area contributed by atoms with Crippen LogP contribution >= 0.6 is 15.9 Å². The van der Waals surface area contributed by atoms with E-state index >= 15 is 0 Å². The summed E-state index contributed by atoms with van der Waals surface area (Å²) in [6, 6.07) is 7.29. The number of carbonyl (C=O) groups excluding carboxylic acids is 1. The molecule has 1 unspecified atom stereocenters. The lowest BCUT2D eigenvalue weighted by Crippen LogP contribution is -2.34. The number of para-hydroxylation sites is 1. The number of rotatable bonds is 7. The van der Waals surface area contributed by atoms with Crippen LogP contribution in [0, 0.1) is 0 Å². The summed E-state index contributed by atoms with van der Waals surface area (Å²) < 4.78 is 10.5. The van der Waals surface area contributed by atoms with Gasteiger partial charge >= 0.3 is 0 Å². The molecule has 1 atom stereocenters. The molecule has 0 aromatic heterocycles. The highest BCUT2D eigenvalue weighted by Crippen LogP contribution is 2.20. The van der Waals surface area contributed by atoms with Gasteiger partial charge < -0.3 is 14.4 Å². The Kier molecular flexibility index (Phi) is 6.87. The fourth-order valence-electron chi connectivity index (χ4n) is 1.74. The van der Waals surface area contributed by atoms with Gasteiger partial charge in [-0.15, -0.1) is 0 Å². The van der Waals surface area contributed by atoms with Crippen LogP contribution in [0.15, 0.2) is 24.3 Å². The average molecular weight is 330 g/mol. The van der Waals surface area contributed by atoms with Crippen molar-refractivity contribution < 1.29 is 14.3 Å². The molecule has 0 bridgehead atoms. The molecule has 106 valence electrons. The Labute approximate surface area is 122 Å². The van der Waals surface area contributed by atoms with E-state index in [2.05, 4.69) is 15.9 Å². The van der Waals surface area contributed by atoms with Crippen molar-refractivity contribution in [3.05, 3.63) is 29.8 Å². The van der Waals surface area contributed by atoms with Crippen LogP contribution in [0.25, 0.3) is 0 Å². The molecule has 0 spiro atoms. The van der Waals surface area contributed by atoms with E-state index < -0.39 is 0 Å². The fraction of sp³-hybridized carbons (Fsp3) is 0.500. The molecule has 0 aliphatic rings. The Balaban J connectivity index is 2.76. The molecule has 0 saturated carbocycles. The van der Waals surface area contributed by atoms with Crippen LogP contribution in [0.4, 0.5) is 0 Å². The van der Waals surface area contributed by atoms with Crippen molar-refractivity contribution in [1.29, 1.82) is 0 Å². The predicted octanol–water partition coefficient (Wildman–Crippen LogP) is 2.57. The lowest BCUT2D eigenvalue weighted by molar-refractivity contribution is 0.0780. The molecule has 5 heteroatoms. The Hall–Kier alpha value is -1.07. The van der Waals surface area contributed by atoms with Crippen LogP contribution in [0.1, 0.15) is 17.3 Å². The van der Waals surface area contributed by atoms with E-state index in [9.17, 15) is 4.79 Å². The molecule has 0 saturated heterocycles. The average Bonchev–Trinajstić information content (AvgIpc) is 2.39. The number of nitrogens with zero attached hydrogens (tertiary/aromatic N) is 1. The standard InChI is InChI=1S/C14H20BrNO3/c1-4-19-13-8-6-5-7-12(13)14(17)16(2)9-11(15)10-18-3/h5-8,11H,4,9-10H2,1-3H3. The number of alkyl halides is 1. The molecule has 4 nitrogen and oxygen atoms in total. The number of hydrogen-bond donors (Lipinski definition) is 0. The van der Waals surface area contributed by atoms with E-state index in [4.69, 9.17) is 9.47 Å². The minimum absolute atomic E-state index is 0.0513. The van der Waals surface area contributed by atoms with Crippen molar-refractivity contribution in [2.75, 3.05) is 33.9 Å². The first-order valence-electron chi connectivity index (χ1n) is 6.20. The van der Waals surface area contributed by atoms with Gasteiger partial charge in [0.2, 0.25) is 0 Å². The Morgan fingerprint density at radius 2 is 2.11 bits per heavy atom. The predicted molar refractivity (Wildman–Crippen MR) is 79.2 cm³/mol. The zero-order chi connectivity index (χ0) is 14.3. The summed E-state index contributed by atoms with van der Waals surface area (Å²) in [7, 11) is 3.41. The maximum absolute atomic E-state index is 12.4. The highest BCUT2D eigenvalue weighted by Gasteiger charge is 2.18. The Bertz CT molecular complexity index is 411. The SMILES string of the molecule is CCOc1ccccc1C(=O)N(C)CC(Br)COC. The van der Waals surface area contributed by atoms with E-state index in [0.717, 1.165) is 0 Å². The summed E-state index contributed by atoms with van der Waals surface area (Å²) in [4.78, 5) is 14.1. The quantitative estimate of drug-likeness (QED) is 0.722. The summed E-state index contributed by atoms with van der Waals surface area (Å²) in [6.07, 6.45) is 0. The van der Waals surface area contributed by atoms with E-state index in [1.807, 2.05) is 25.1 Å². The van der Waals surface area contributed by atoms with Gasteiger partial charge in [-0.25, -0.2) is 0 Å². The molecular formula is C14H20BrNO3. The van der Waals surface area contributed by atoms with Crippen LogP contribution in [0.5, 0.6) is 5.75 Å². The highest BCUT2D eigenvalue weighted by molar-refractivity contribution is 9.09. The van der Waals surface area contributed by atoms with Crippen molar-refractivity contribution in [2.45, 2.75) is 11.8 Å². The lowest BCUT2D eigenvalue weighted by Gasteiger charge is -2.21. The summed E-state index contributed by atoms with van der Waals surface area (Å²) in [5, 5.41) is 0. The molecule has 1 aromatic carbocycles. The van der Waals surface area contributed by atoms with Crippen LogP contribution in [0.2, 0.25) is 0 Å². The second-order valence-corrected chi connectivity index (χ2v) is 5.46. The largest absolute Gasteiger partial charge is 0.493 e. The van der Waals surface area contributed by atoms with Crippen LogP contribution < -0.4 is 4.74 Å². The van der Waals surface area contributed by atoms with Gasteiger partial charge in [0.05, 0.1) is 23.6 Å². The molecule has 0 aliphatic carbocycles. The third kappa shape index (κ3) is 4.84. The van der Waals surface area contributed by atoms with E-state index in [-0.39, 0.29) is 10.7 Å². The first-order valence-corrected chi connectivity index (χ1v) is 7.12. The van der Waals surface area contributed by atoms with Crippen LogP contribution in [0.3, 0.4) is 0 Å². The molecule has 19 heavy (non-hydrogen) atoms. The zero-order valence-electron chi connectivity index (χ0n) is 11.6. The van der Waals surface area contributed by atoms with Gasteiger partial charge in [0.15, 0.2) is 0 Å². The lowest BCUT2D eigenvalue weighted by atomic mass is 10.1. The summed E-state index contributed by atoms with van der Waals surface area (Å²) in [5.41, 5.74) is 0.587. The monoisotopic (exact) mass is 329 g/mol. The third-order valence-electron chi connectivity index (χ3n) is 2.58. The number of methoxy groups -OCH3 is 1. The summed E-state index contributed by atoms with van der Waals surface area (Å²) in [5.74, 6) is 0.573. The molecule has 1 aromatic rings. The van der Waals surface area contributed by atoms with Gasteiger partial charge in [0.25, 0.3) is 5.91 Å². The number of ether oxygens (including phenoxy) is 2. The minimum atomic E-state index is -0.0513. The molecule has 1 amide bonds. The molecule has 0 aliphatic heterocycles. The number of carbonyl (C=O) groups is 1. The first-order chi connectivity index (χ1) is 9.10. The normalized spacial score (nSPS) is 12.0. The second-order valence-electron chi connectivity index (χ2n) is 4.17. The zero-order valence-corrected chi connectivity index (χ0v) is 13.1. The van der Waals surface area contributed by atoms with Crippen molar-refractivity contribution >= 4 is 21.8 Å². The van der Waals surface area contributed by atoms with Crippen molar-refractivity contribution in [2.24, 2.45) is 0 Å². The van der Waals surface area contributed by atoms with Crippen LogP contribution in [-0.4, -0.2) is 49.6 Å². The molecule has 0 radical (unpaired) electrons. The number of benzene rings is 1. The van der Waals surface area contributed by atoms with Gasteiger partial charge in [-0.2, -0.15) is 0 Å². The van der Waals surface area contributed by atoms with E-state index in [1.54, 1.807) is 25.1 Å². The molecule has 0 fully saturated rings. The van der Waals surface area contributed by atoms with Gasteiger partial charge in [-0.05, 0) is 19.1 Å². The van der Waals surface area contributed by atoms with Crippen LogP contribution in [-0.2, 0) is 4.74 Å². The molecule has 0 N–H and O–H groups in total. The first kappa shape index (κ1) is 16.0. The second kappa shape index (κ2) is 8.17. The van der Waals surface area contributed by atoms with Crippen molar-refractivity contribution in [3.63, 3.8) is 0 Å². The number of amides is 1. The van der Waals surface area contributed by atoms with E-state index in [1.165, 1.54) is 0 Å². The number of hydrogen-bond acceptors (Lipinski definition) is 3. The van der Waals surface area contributed by atoms with Gasteiger partial charge in [0.1, 0.15) is 5.75 Å².